The normalized spacial score (nSPS) is 17.1. The Balaban J connectivity index is 1.45. The average Bonchev–Trinajstić information content (AvgIpc) is 3.43. The lowest BCUT2D eigenvalue weighted by atomic mass is 10.1. The van der Waals surface area contributed by atoms with Crippen LogP contribution in [-0.4, -0.2) is 37.5 Å². The SMILES string of the molecule is CCn1cc(NC(=O)c2cccc(CN3CCCC3c3cc(C)no3)c2)nn1. The van der Waals surface area contributed by atoms with Gasteiger partial charge in [0, 0.05) is 24.7 Å². The standard InChI is InChI=1S/C20H24N6O2/c1-3-26-13-19(22-24-26)21-20(27)16-7-4-6-15(11-16)12-25-9-5-8-17(25)18-10-14(2)23-28-18/h4,6-7,10-11,13,17H,3,5,8-9,12H2,1-2H3,(H,21,27). The number of likely N-dealkylation sites (tertiary alicyclic amines) is 1. The van der Waals surface area contributed by atoms with E-state index in [1.165, 1.54) is 0 Å². The number of anilines is 1. The Morgan fingerprint density at radius 3 is 3.00 bits per heavy atom. The smallest absolute Gasteiger partial charge is 0.256 e. The van der Waals surface area contributed by atoms with Gasteiger partial charge in [-0.05, 0) is 50.9 Å². The molecular weight excluding hydrogens is 356 g/mol. The van der Waals surface area contributed by atoms with Crippen LogP contribution in [0.15, 0.2) is 41.1 Å². The summed E-state index contributed by atoms with van der Waals surface area (Å²) in [5.41, 5.74) is 2.60. The number of amides is 1. The third-order valence-electron chi connectivity index (χ3n) is 5.02. The topological polar surface area (TPSA) is 89.1 Å². The van der Waals surface area contributed by atoms with Crippen LogP contribution in [0.2, 0.25) is 0 Å². The molecule has 0 spiro atoms. The van der Waals surface area contributed by atoms with Crippen LogP contribution in [0.25, 0.3) is 0 Å². The zero-order chi connectivity index (χ0) is 19.5. The number of carbonyl (C=O) groups is 1. The molecule has 4 rings (SSSR count). The van der Waals surface area contributed by atoms with E-state index in [1.54, 1.807) is 10.9 Å². The van der Waals surface area contributed by atoms with Crippen LogP contribution < -0.4 is 5.32 Å². The van der Waals surface area contributed by atoms with Gasteiger partial charge in [-0.3, -0.25) is 14.4 Å². The van der Waals surface area contributed by atoms with Crippen molar-refractivity contribution in [2.45, 2.75) is 45.8 Å². The molecule has 1 aliphatic heterocycles. The number of rotatable bonds is 6. The monoisotopic (exact) mass is 380 g/mol. The zero-order valence-corrected chi connectivity index (χ0v) is 16.1. The average molecular weight is 380 g/mol. The van der Waals surface area contributed by atoms with Crippen molar-refractivity contribution in [1.29, 1.82) is 0 Å². The number of benzene rings is 1. The van der Waals surface area contributed by atoms with E-state index in [2.05, 4.69) is 25.7 Å². The van der Waals surface area contributed by atoms with E-state index in [-0.39, 0.29) is 11.9 Å². The maximum atomic E-state index is 12.6. The summed E-state index contributed by atoms with van der Waals surface area (Å²) in [5, 5.41) is 14.7. The quantitative estimate of drug-likeness (QED) is 0.706. The van der Waals surface area contributed by atoms with Gasteiger partial charge in [0.15, 0.2) is 11.6 Å². The van der Waals surface area contributed by atoms with Crippen molar-refractivity contribution in [3.8, 4) is 0 Å². The Bertz CT molecular complexity index is 963. The number of aromatic nitrogens is 4. The predicted octanol–water partition coefficient (Wildman–Crippen LogP) is 3.18. The fraction of sp³-hybridized carbons (Fsp3) is 0.400. The van der Waals surface area contributed by atoms with Gasteiger partial charge in [-0.2, -0.15) is 0 Å². The zero-order valence-electron chi connectivity index (χ0n) is 16.1. The van der Waals surface area contributed by atoms with Crippen LogP contribution in [0.3, 0.4) is 0 Å². The summed E-state index contributed by atoms with van der Waals surface area (Å²) in [6, 6.07) is 9.95. The van der Waals surface area contributed by atoms with Gasteiger partial charge >= 0.3 is 0 Å². The van der Waals surface area contributed by atoms with Gasteiger partial charge < -0.3 is 9.84 Å². The van der Waals surface area contributed by atoms with E-state index in [0.717, 1.165) is 42.9 Å². The van der Waals surface area contributed by atoms with Gasteiger partial charge in [0.25, 0.3) is 5.91 Å². The fourth-order valence-corrected chi connectivity index (χ4v) is 3.62. The molecule has 3 aromatic rings. The second kappa shape index (κ2) is 7.93. The number of nitrogens with zero attached hydrogens (tertiary/aromatic N) is 5. The lowest BCUT2D eigenvalue weighted by Gasteiger charge is -2.22. The highest BCUT2D eigenvalue weighted by atomic mass is 16.5. The molecule has 8 nitrogen and oxygen atoms in total. The van der Waals surface area contributed by atoms with Gasteiger partial charge in [0.05, 0.1) is 17.9 Å². The first-order valence-corrected chi connectivity index (χ1v) is 9.60. The first kappa shape index (κ1) is 18.4. The molecule has 1 unspecified atom stereocenters. The number of hydrogen-bond acceptors (Lipinski definition) is 6. The molecule has 8 heteroatoms. The van der Waals surface area contributed by atoms with Gasteiger partial charge in [0.1, 0.15) is 0 Å². The van der Waals surface area contributed by atoms with E-state index in [0.29, 0.717) is 17.9 Å². The Kier molecular flexibility index (Phi) is 5.21. The van der Waals surface area contributed by atoms with Gasteiger partial charge in [-0.15, -0.1) is 5.10 Å². The third-order valence-corrected chi connectivity index (χ3v) is 5.02. The maximum absolute atomic E-state index is 12.6. The summed E-state index contributed by atoms with van der Waals surface area (Å²) in [7, 11) is 0. The highest BCUT2D eigenvalue weighted by Gasteiger charge is 2.29. The molecule has 0 bridgehead atoms. The van der Waals surface area contributed by atoms with E-state index < -0.39 is 0 Å². The Hall–Kier alpha value is -3.00. The second-order valence-corrected chi connectivity index (χ2v) is 7.11. The summed E-state index contributed by atoms with van der Waals surface area (Å²) in [6.45, 7) is 6.38. The fourth-order valence-electron chi connectivity index (χ4n) is 3.62. The number of carbonyl (C=O) groups excluding carboxylic acids is 1. The first-order chi connectivity index (χ1) is 13.6. The molecule has 1 N–H and O–H groups in total. The minimum atomic E-state index is -0.186. The summed E-state index contributed by atoms with van der Waals surface area (Å²) >= 11 is 0. The molecule has 3 heterocycles. The molecule has 1 aliphatic rings. The Morgan fingerprint density at radius 2 is 2.25 bits per heavy atom. The lowest BCUT2D eigenvalue weighted by Crippen LogP contribution is -2.22. The van der Waals surface area contributed by atoms with Gasteiger partial charge in [-0.1, -0.05) is 22.5 Å². The molecule has 1 fully saturated rings. The maximum Gasteiger partial charge on any atom is 0.256 e. The van der Waals surface area contributed by atoms with Crippen molar-refractivity contribution in [3.63, 3.8) is 0 Å². The van der Waals surface area contributed by atoms with E-state index in [9.17, 15) is 4.79 Å². The van der Waals surface area contributed by atoms with Crippen molar-refractivity contribution in [2.75, 3.05) is 11.9 Å². The summed E-state index contributed by atoms with van der Waals surface area (Å²) in [4.78, 5) is 14.9. The Morgan fingerprint density at radius 1 is 1.36 bits per heavy atom. The highest BCUT2D eigenvalue weighted by Crippen LogP contribution is 2.33. The van der Waals surface area contributed by atoms with Crippen molar-refractivity contribution >= 4 is 11.7 Å². The molecule has 1 amide bonds. The highest BCUT2D eigenvalue weighted by molar-refractivity contribution is 6.03. The molecule has 146 valence electrons. The molecular formula is C20H24N6O2. The van der Waals surface area contributed by atoms with Crippen LogP contribution in [0.1, 0.15) is 53.2 Å². The number of nitrogens with one attached hydrogen (secondary N) is 1. The molecule has 0 saturated carbocycles. The summed E-state index contributed by atoms with van der Waals surface area (Å²) < 4.78 is 7.16. The molecule has 0 aliphatic carbocycles. The third kappa shape index (κ3) is 3.96. The van der Waals surface area contributed by atoms with Crippen molar-refractivity contribution < 1.29 is 9.32 Å². The molecule has 1 saturated heterocycles. The van der Waals surface area contributed by atoms with Crippen molar-refractivity contribution in [2.24, 2.45) is 0 Å². The van der Waals surface area contributed by atoms with E-state index >= 15 is 0 Å². The second-order valence-electron chi connectivity index (χ2n) is 7.11. The number of aryl methyl sites for hydroxylation is 2. The van der Waals surface area contributed by atoms with E-state index in [1.807, 2.05) is 44.2 Å². The van der Waals surface area contributed by atoms with E-state index in [4.69, 9.17) is 4.52 Å². The van der Waals surface area contributed by atoms with Crippen LogP contribution >= 0.6 is 0 Å². The van der Waals surface area contributed by atoms with Crippen LogP contribution in [0, 0.1) is 6.92 Å². The van der Waals surface area contributed by atoms with Crippen LogP contribution in [0.4, 0.5) is 5.82 Å². The van der Waals surface area contributed by atoms with Gasteiger partial charge in [-0.25, -0.2) is 0 Å². The summed E-state index contributed by atoms with van der Waals surface area (Å²) in [6.07, 6.45) is 3.90. The van der Waals surface area contributed by atoms with Crippen molar-refractivity contribution in [1.82, 2.24) is 25.1 Å². The molecule has 2 aromatic heterocycles. The Labute approximate surface area is 163 Å². The van der Waals surface area contributed by atoms with Crippen molar-refractivity contribution in [3.05, 3.63) is 59.1 Å². The summed E-state index contributed by atoms with van der Waals surface area (Å²) in [5.74, 6) is 1.19. The largest absolute Gasteiger partial charge is 0.359 e. The molecule has 0 radical (unpaired) electrons. The predicted molar refractivity (Wildman–Crippen MR) is 104 cm³/mol. The van der Waals surface area contributed by atoms with Gasteiger partial charge in [0.2, 0.25) is 0 Å². The van der Waals surface area contributed by atoms with Crippen LogP contribution in [-0.2, 0) is 13.1 Å². The first-order valence-electron chi connectivity index (χ1n) is 9.60. The molecule has 1 aromatic carbocycles. The number of hydrogen-bond donors (Lipinski definition) is 1. The molecule has 28 heavy (non-hydrogen) atoms. The van der Waals surface area contributed by atoms with Crippen LogP contribution in [0.5, 0.6) is 0 Å². The lowest BCUT2D eigenvalue weighted by molar-refractivity contribution is 0.102. The minimum Gasteiger partial charge on any atom is -0.359 e. The molecule has 1 atom stereocenters. The minimum absolute atomic E-state index is 0.186.